The van der Waals surface area contributed by atoms with Crippen LogP contribution in [0.25, 0.3) is 0 Å². The van der Waals surface area contributed by atoms with Crippen LogP contribution in [0, 0.1) is 0 Å². The highest BCUT2D eigenvalue weighted by molar-refractivity contribution is 5.70. The summed E-state index contributed by atoms with van der Waals surface area (Å²) in [6.45, 7) is 4.05. The molecule has 0 spiro atoms. The predicted octanol–water partition coefficient (Wildman–Crippen LogP) is 10.5. The van der Waals surface area contributed by atoms with E-state index in [0.29, 0.717) is 12.8 Å². The normalized spacial score (nSPS) is 12.5. The highest BCUT2D eigenvalue weighted by Crippen LogP contribution is 2.11. The molecule has 0 rings (SSSR count). The van der Waals surface area contributed by atoms with Gasteiger partial charge in [-0.15, -0.1) is 0 Å². The summed E-state index contributed by atoms with van der Waals surface area (Å²) in [5.41, 5.74) is 0. The van der Waals surface area contributed by atoms with E-state index in [2.05, 4.69) is 50.3 Å². The summed E-state index contributed by atoms with van der Waals surface area (Å²) in [6.07, 6.45) is 39.1. The van der Waals surface area contributed by atoms with Crippen LogP contribution in [-0.4, -0.2) is 36.4 Å². The lowest BCUT2D eigenvalue weighted by atomic mass is 10.1. The van der Waals surface area contributed by atoms with E-state index in [0.717, 1.165) is 57.8 Å². The van der Waals surface area contributed by atoms with Gasteiger partial charge in [0.1, 0.15) is 6.61 Å². The summed E-state index contributed by atoms with van der Waals surface area (Å²) in [6, 6.07) is 0. The Kier molecular flexibility index (Phi) is 32.1. The highest BCUT2D eigenvalue weighted by atomic mass is 16.6. The zero-order valence-electron chi connectivity index (χ0n) is 27.5. The van der Waals surface area contributed by atoms with Crippen molar-refractivity contribution < 1.29 is 24.2 Å². The van der Waals surface area contributed by atoms with Crippen LogP contribution in [0.3, 0.4) is 0 Å². The minimum Gasteiger partial charge on any atom is -0.462 e. The molecule has 0 aromatic rings. The fourth-order valence-corrected chi connectivity index (χ4v) is 4.68. The van der Waals surface area contributed by atoms with Crippen molar-refractivity contribution in [3.05, 3.63) is 36.5 Å². The molecule has 0 heterocycles. The number of carbonyl (C=O) groups is 2. The van der Waals surface area contributed by atoms with Gasteiger partial charge in [0.15, 0.2) is 6.10 Å². The van der Waals surface area contributed by atoms with Crippen molar-refractivity contribution in [3.63, 3.8) is 0 Å². The molecule has 244 valence electrons. The smallest absolute Gasteiger partial charge is 0.306 e. The first-order chi connectivity index (χ1) is 20.6. The molecule has 1 N–H and O–H groups in total. The number of aliphatic hydroxyl groups excluding tert-OH is 1. The highest BCUT2D eigenvalue weighted by Gasteiger charge is 2.16. The van der Waals surface area contributed by atoms with Crippen LogP contribution >= 0.6 is 0 Å². The van der Waals surface area contributed by atoms with Crippen LogP contribution in [0.1, 0.15) is 168 Å². The molecule has 0 aliphatic rings. The minimum absolute atomic E-state index is 0.0759. The van der Waals surface area contributed by atoms with Crippen molar-refractivity contribution in [1.82, 2.24) is 0 Å². The molecule has 0 saturated heterocycles. The summed E-state index contributed by atoms with van der Waals surface area (Å²) in [5, 5.41) is 9.51. The van der Waals surface area contributed by atoms with Gasteiger partial charge in [0.2, 0.25) is 0 Å². The van der Waals surface area contributed by atoms with Gasteiger partial charge in [0, 0.05) is 12.8 Å². The molecule has 0 fully saturated rings. The van der Waals surface area contributed by atoms with Crippen molar-refractivity contribution in [2.45, 2.75) is 174 Å². The molecule has 5 nitrogen and oxygen atoms in total. The van der Waals surface area contributed by atoms with Crippen molar-refractivity contribution >= 4 is 11.9 Å². The molecule has 0 radical (unpaired) electrons. The lowest BCUT2D eigenvalue weighted by molar-refractivity contribution is -0.161. The van der Waals surface area contributed by atoms with Crippen molar-refractivity contribution in [1.29, 1.82) is 0 Å². The number of hydrogen-bond acceptors (Lipinski definition) is 5. The summed E-state index contributed by atoms with van der Waals surface area (Å²) < 4.78 is 10.5. The molecule has 1 atom stereocenters. The van der Waals surface area contributed by atoms with Crippen LogP contribution in [0.2, 0.25) is 0 Å². The molecule has 0 aliphatic carbocycles. The van der Waals surface area contributed by atoms with Crippen molar-refractivity contribution in [2.24, 2.45) is 0 Å². The average molecular weight is 591 g/mol. The monoisotopic (exact) mass is 590 g/mol. The molecular formula is C37H66O5. The standard InChI is InChI=1S/C37H66O5/c1-3-5-7-9-11-13-15-17-19-21-23-25-27-29-31-36(39)41-34-35(33-38)42-37(40)32-30-28-26-24-22-20-18-16-14-12-10-8-6-4-2/h9,11,15-18,35,38H,3-8,10,12-14,19-34H2,1-2H3/b11-9+,17-15+,18-16+/t35-/m0/s1. The lowest BCUT2D eigenvalue weighted by Crippen LogP contribution is -2.28. The Bertz CT molecular complexity index is 682. The Labute approximate surface area is 259 Å². The fourth-order valence-electron chi connectivity index (χ4n) is 4.68. The maximum Gasteiger partial charge on any atom is 0.306 e. The van der Waals surface area contributed by atoms with Gasteiger partial charge in [-0.2, -0.15) is 0 Å². The third kappa shape index (κ3) is 31.1. The van der Waals surface area contributed by atoms with E-state index in [1.807, 2.05) is 0 Å². The average Bonchev–Trinajstić information content (AvgIpc) is 2.99. The molecule has 0 bridgehead atoms. The van der Waals surface area contributed by atoms with Gasteiger partial charge < -0.3 is 14.6 Å². The Hall–Kier alpha value is -1.88. The van der Waals surface area contributed by atoms with Gasteiger partial charge in [-0.25, -0.2) is 0 Å². The number of hydrogen-bond donors (Lipinski definition) is 1. The number of aliphatic hydroxyl groups is 1. The second kappa shape index (κ2) is 33.6. The minimum atomic E-state index is -0.778. The topological polar surface area (TPSA) is 72.8 Å². The van der Waals surface area contributed by atoms with E-state index in [1.54, 1.807) is 0 Å². The first-order valence-electron chi connectivity index (χ1n) is 17.5. The number of ether oxygens (including phenoxy) is 2. The Morgan fingerprint density at radius 2 is 0.976 bits per heavy atom. The molecular weight excluding hydrogens is 524 g/mol. The number of esters is 2. The fraction of sp³-hybridized carbons (Fsp3) is 0.784. The van der Waals surface area contributed by atoms with E-state index >= 15 is 0 Å². The largest absolute Gasteiger partial charge is 0.462 e. The molecule has 0 aromatic heterocycles. The van der Waals surface area contributed by atoms with Gasteiger partial charge in [-0.05, 0) is 64.2 Å². The van der Waals surface area contributed by atoms with Crippen LogP contribution in [0.5, 0.6) is 0 Å². The summed E-state index contributed by atoms with van der Waals surface area (Å²) in [7, 11) is 0. The summed E-state index contributed by atoms with van der Waals surface area (Å²) >= 11 is 0. The Balaban J connectivity index is 3.62. The quantitative estimate of drug-likeness (QED) is 0.0494. The maximum atomic E-state index is 12.1. The molecule has 5 heteroatoms. The van der Waals surface area contributed by atoms with Gasteiger partial charge in [0.05, 0.1) is 6.61 Å². The predicted molar refractivity (Wildman–Crippen MR) is 178 cm³/mol. The van der Waals surface area contributed by atoms with E-state index < -0.39 is 6.10 Å². The van der Waals surface area contributed by atoms with E-state index in [1.165, 1.54) is 83.5 Å². The van der Waals surface area contributed by atoms with E-state index in [-0.39, 0.29) is 25.2 Å². The maximum absolute atomic E-state index is 12.1. The van der Waals surface area contributed by atoms with E-state index in [4.69, 9.17) is 9.47 Å². The zero-order chi connectivity index (χ0) is 30.8. The SMILES string of the molecule is CCCC/C=C/C/C=C/CCCCCCCC(=O)OC[C@H](CO)OC(=O)CCCCCCC/C=C/CCCCCCC. The van der Waals surface area contributed by atoms with E-state index in [9.17, 15) is 14.7 Å². The third-order valence-electron chi connectivity index (χ3n) is 7.41. The van der Waals surface area contributed by atoms with Crippen LogP contribution in [0.15, 0.2) is 36.5 Å². The molecule has 0 aromatic carbocycles. The van der Waals surface area contributed by atoms with Gasteiger partial charge in [-0.3, -0.25) is 9.59 Å². The van der Waals surface area contributed by atoms with Gasteiger partial charge in [0.25, 0.3) is 0 Å². The molecule has 42 heavy (non-hydrogen) atoms. The third-order valence-corrected chi connectivity index (χ3v) is 7.41. The number of allylic oxidation sites excluding steroid dienone is 6. The molecule has 0 aliphatic heterocycles. The molecule has 0 unspecified atom stereocenters. The van der Waals surface area contributed by atoms with Gasteiger partial charge in [-0.1, -0.05) is 127 Å². The second-order valence-corrected chi connectivity index (χ2v) is 11.6. The van der Waals surface area contributed by atoms with Crippen LogP contribution in [0.4, 0.5) is 0 Å². The second-order valence-electron chi connectivity index (χ2n) is 11.6. The lowest BCUT2D eigenvalue weighted by Gasteiger charge is -2.15. The molecule has 0 amide bonds. The Morgan fingerprint density at radius 3 is 1.50 bits per heavy atom. The first kappa shape index (κ1) is 40.1. The van der Waals surface area contributed by atoms with Crippen molar-refractivity contribution in [3.8, 4) is 0 Å². The summed E-state index contributed by atoms with van der Waals surface area (Å²) in [5.74, 6) is -0.619. The first-order valence-corrected chi connectivity index (χ1v) is 17.5. The number of rotatable bonds is 31. The number of carbonyl (C=O) groups excluding carboxylic acids is 2. The molecule has 0 saturated carbocycles. The van der Waals surface area contributed by atoms with Crippen molar-refractivity contribution in [2.75, 3.05) is 13.2 Å². The number of unbranched alkanes of at least 4 members (excludes halogenated alkanes) is 17. The van der Waals surface area contributed by atoms with Gasteiger partial charge >= 0.3 is 11.9 Å². The Morgan fingerprint density at radius 1 is 0.548 bits per heavy atom. The summed E-state index contributed by atoms with van der Waals surface area (Å²) in [4.78, 5) is 24.1. The van der Waals surface area contributed by atoms with Crippen LogP contribution < -0.4 is 0 Å². The zero-order valence-corrected chi connectivity index (χ0v) is 27.5. The van der Waals surface area contributed by atoms with Crippen LogP contribution in [-0.2, 0) is 19.1 Å².